The lowest BCUT2D eigenvalue weighted by Crippen LogP contribution is -2.52. The number of carbonyl (C=O) groups excluding carboxylic acids is 2. The van der Waals surface area contributed by atoms with Crippen LogP contribution >= 0.6 is 0 Å². The molecule has 1 amide bonds. The van der Waals surface area contributed by atoms with Gasteiger partial charge < -0.3 is 20.0 Å². The highest BCUT2D eigenvalue weighted by atomic mass is 16.4. The SMILES string of the molecule is O=C(CNCc1ccccc1)[C@H](Cc1ccc2ccccc2c1)NC(=O)[C@@H]1CCCN1c1nc2ccccc2c(=O)o1. The summed E-state index contributed by atoms with van der Waals surface area (Å²) in [6.45, 7) is 1.18. The van der Waals surface area contributed by atoms with Gasteiger partial charge in [0, 0.05) is 13.1 Å². The predicted molar refractivity (Wildman–Crippen MR) is 163 cm³/mol. The highest BCUT2D eigenvalue weighted by molar-refractivity contribution is 5.93. The number of para-hydroxylation sites is 1. The number of nitrogens with one attached hydrogen (secondary N) is 2. The lowest BCUT2D eigenvalue weighted by atomic mass is 9.98. The Morgan fingerprint density at radius 2 is 1.67 bits per heavy atom. The Morgan fingerprint density at radius 3 is 2.52 bits per heavy atom. The molecule has 2 N–H and O–H groups in total. The fraction of sp³-hybridized carbons (Fsp3) is 0.235. The molecule has 4 aromatic carbocycles. The Balaban J connectivity index is 1.21. The summed E-state index contributed by atoms with van der Waals surface area (Å²) in [4.78, 5) is 46.1. The average Bonchev–Trinajstić information content (AvgIpc) is 3.52. The molecule has 6 rings (SSSR count). The normalized spacial score (nSPS) is 15.6. The molecule has 1 saturated heterocycles. The molecule has 0 unspecified atom stereocenters. The fourth-order valence-corrected chi connectivity index (χ4v) is 5.56. The van der Waals surface area contributed by atoms with E-state index in [4.69, 9.17) is 4.42 Å². The molecule has 1 aromatic heterocycles. The van der Waals surface area contributed by atoms with Gasteiger partial charge in [0.05, 0.1) is 23.5 Å². The monoisotopic (exact) mass is 560 g/mol. The standard InChI is InChI=1S/C34H32N4O4/c39-31(22-35-21-23-9-2-1-3-10-23)29(20-24-16-17-25-11-4-5-12-26(25)19-24)36-32(40)30-15-8-18-38(30)34-37-28-14-7-6-13-27(28)33(41)42-34/h1-7,9-14,16-17,19,29-30,35H,8,15,18,20-22H2,(H,36,40)/t29-,30-/m0/s1. The van der Waals surface area contributed by atoms with E-state index in [9.17, 15) is 14.4 Å². The molecule has 1 aliphatic rings. The van der Waals surface area contributed by atoms with Crippen LogP contribution in [0.25, 0.3) is 21.7 Å². The third-order valence-corrected chi connectivity index (χ3v) is 7.76. The van der Waals surface area contributed by atoms with Gasteiger partial charge >= 0.3 is 11.6 Å². The maximum absolute atomic E-state index is 13.7. The van der Waals surface area contributed by atoms with Crippen molar-refractivity contribution in [3.05, 3.63) is 119 Å². The summed E-state index contributed by atoms with van der Waals surface area (Å²) >= 11 is 0. The quantitative estimate of drug-likeness (QED) is 0.261. The minimum absolute atomic E-state index is 0.104. The third-order valence-electron chi connectivity index (χ3n) is 7.76. The number of benzene rings is 4. The number of fused-ring (bicyclic) bond motifs is 2. The Kier molecular flexibility index (Phi) is 8.05. The van der Waals surface area contributed by atoms with Crippen molar-refractivity contribution >= 4 is 39.4 Å². The van der Waals surface area contributed by atoms with Crippen LogP contribution in [0.15, 0.2) is 106 Å². The van der Waals surface area contributed by atoms with Gasteiger partial charge in [-0.25, -0.2) is 4.79 Å². The maximum atomic E-state index is 13.7. The van der Waals surface area contributed by atoms with Crippen LogP contribution in [-0.2, 0) is 22.6 Å². The van der Waals surface area contributed by atoms with Crippen molar-refractivity contribution < 1.29 is 14.0 Å². The molecule has 0 spiro atoms. The predicted octanol–water partition coefficient (Wildman–Crippen LogP) is 4.40. The number of hydrogen-bond acceptors (Lipinski definition) is 7. The molecule has 0 radical (unpaired) electrons. The Labute approximate surface area is 243 Å². The number of ketones is 1. The molecule has 42 heavy (non-hydrogen) atoms. The van der Waals surface area contributed by atoms with Crippen molar-refractivity contribution in [2.45, 2.75) is 37.9 Å². The van der Waals surface area contributed by atoms with Crippen LogP contribution in [0.4, 0.5) is 6.01 Å². The second kappa shape index (κ2) is 12.4. The van der Waals surface area contributed by atoms with Gasteiger partial charge in [-0.1, -0.05) is 84.9 Å². The summed E-state index contributed by atoms with van der Waals surface area (Å²) in [5.41, 5.74) is 2.06. The smallest absolute Gasteiger partial charge is 0.348 e. The van der Waals surface area contributed by atoms with Gasteiger partial charge in [0.1, 0.15) is 6.04 Å². The summed E-state index contributed by atoms with van der Waals surface area (Å²) in [7, 11) is 0. The van der Waals surface area contributed by atoms with E-state index in [0.29, 0.717) is 36.8 Å². The molecule has 5 aromatic rings. The van der Waals surface area contributed by atoms with Gasteiger partial charge in [0.15, 0.2) is 5.78 Å². The van der Waals surface area contributed by atoms with Crippen molar-refractivity contribution in [2.75, 3.05) is 18.0 Å². The highest BCUT2D eigenvalue weighted by Crippen LogP contribution is 2.25. The molecule has 0 saturated carbocycles. The van der Waals surface area contributed by atoms with E-state index in [1.807, 2.05) is 72.8 Å². The van der Waals surface area contributed by atoms with Gasteiger partial charge in [-0.3, -0.25) is 9.59 Å². The molecule has 8 nitrogen and oxygen atoms in total. The van der Waals surface area contributed by atoms with Gasteiger partial charge in [0.2, 0.25) is 5.91 Å². The number of hydrogen-bond donors (Lipinski definition) is 2. The first-order chi connectivity index (χ1) is 20.5. The van der Waals surface area contributed by atoms with Crippen LogP contribution < -0.4 is 21.2 Å². The molecule has 1 fully saturated rings. The number of Topliss-reactive ketones (excluding diaryl/α,β-unsaturated/α-hetero) is 1. The first kappa shape index (κ1) is 27.4. The number of nitrogens with zero attached hydrogens (tertiary/aromatic N) is 2. The van der Waals surface area contributed by atoms with Gasteiger partial charge in [-0.15, -0.1) is 0 Å². The molecule has 212 valence electrons. The van der Waals surface area contributed by atoms with E-state index < -0.39 is 17.7 Å². The summed E-state index contributed by atoms with van der Waals surface area (Å²) < 4.78 is 5.54. The van der Waals surface area contributed by atoms with Gasteiger partial charge in [-0.05, 0) is 53.3 Å². The van der Waals surface area contributed by atoms with E-state index in [-0.39, 0.29) is 24.2 Å². The molecule has 1 aliphatic heterocycles. The van der Waals surface area contributed by atoms with Gasteiger partial charge in [0.25, 0.3) is 0 Å². The summed E-state index contributed by atoms with van der Waals surface area (Å²) in [6, 6.07) is 29.8. The lowest BCUT2D eigenvalue weighted by Gasteiger charge is -2.26. The first-order valence-electron chi connectivity index (χ1n) is 14.3. The average molecular weight is 561 g/mol. The highest BCUT2D eigenvalue weighted by Gasteiger charge is 2.35. The van der Waals surface area contributed by atoms with Crippen LogP contribution in [-0.4, -0.2) is 41.8 Å². The first-order valence-corrected chi connectivity index (χ1v) is 14.3. The van der Waals surface area contributed by atoms with Crippen LogP contribution in [0.1, 0.15) is 24.0 Å². The summed E-state index contributed by atoms with van der Waals surface area (Å²) in [5, 5.41) is 8.85. The molecule has 0 bridgehead atoms. The second-order valence-electron chi connectivity index (χ2n) is 10.7. The molecule has 2 atom stereocenters. The zero-order valence-corrected chi connectivity index (χ0v) is 23.2. The van der Waals surface area contributed by atoms with Crippen LogP contribution in [0, 0.1) is 0 Å². The van der Waals surface area contributed by atoms with Crippen LogP contribution in [0.5, 0.6) is 0 Å². The maximum Gasteiger partial charge on any atom is 0.348 e. The van der Waals surface area contributed by atoms with Crippen molar-refractivity contribution in [3.63, 3.8) is 0 Å². The fourth-order valence-electron chi connectivity index (χ4n) is 5.56. The Bertz CT molecular complexity index is 1790. The minimum Gasteiger partial charge on any atom is -0.389 e. The Morgan fingerprint density at radius 1 is 0.905 bits per heavy atom. The minimum atomic E-state index is -0.735. The topological polar surface area (TPSA) is 105 Å². The molecule has 8 heteroatoms. The number of aromatic nitrogens is 1. The molecular formula is C34H32N4O4. The van der Waals surface area contributed by atoms with E-state index >= 15 is 0 Å². The number of rotatable bonds is 10. The zero-order valence-electron chi connectivity index (χ0n) is 23.2. The lowest BCUT2D eigenvalue weighted by molar-refractivity contribution is -0.128. The van der Waals surface area contributed by atoms with E-state index in [1.54, 1.807) is 23.1 Å². The molecule has 2 heterocycles. The number of amides is 1. The van der Waals surface area contributed by atoms with Crippen molar-refractivity contribution in [1.82, 2.24) is 15.6 Å². The second-order valence-corrected chi connectivity index (χ2v) is 10.7. The third kappa shape index (κ3) is 6.09. The van der Waals surface area contributed by atoms with Crippen molar-refractivity contribution in [2.24, 2.45) is 0 Å². The summed E-state index contributed by atoms with van der Waals surface area (Å²) in [5.74, 6) is -0.389. The number of carbonyl (C=O) groups is 2. The van der Waals surface area contributed by atoms with Crippen molar-refractivity contribution in [3.8, 4) is 0 Å². The Hall–Kier alpha value is -4.82. The van der Waals surface area contributed by atoms with E-state index in [1.165, 1.54) is 0 Å². The van der Waals surface area contributed by atoms with Crippen LogP contribution in [0.3, 0.4) is 0 Å². The molecular weight excluding hydrogens is 528 g/mol. The number of anilines is 1. The van der Waals surface area contributed by atoms with Crippen molar-refractivity contribution in [1.29, 1.82) is 0 Å². The molecule has 0 aliphatic carbocycles. The summed E-state index contributed by atoms with van der Waals surface area (Å²) in [6.07, 6.45) is 1.66. The van der Waals surface area contributed by atoms with E-state index in [2.05, 4.69) is 21.7 Å². The largest absolute Gasteiger partial charge is 0.389 e. The van der Waals surface area contributed by atoms with E-state index in [0.717, 1.165) is 28.3 Å². The van der Waals surface area contributed by atoms with Crippen LogP contribution in [0.2, 0.25) is 0 Å². The zero-order chi connectivity index (χ0) is 28.9. The van der Waals surface area contributed by atoms with Gasteiger partial charge in [-0.2, -0.15) is 4.98 Å².